The Morgan fingerprint density at radius 2 is 2.31 bits per heavy atom. The number of carbonyl (C=O) groups excluding carboxylic acids is 1. The van der Waals surface area contributed by atoms with E-state index in [0.717, 1.165) is 22.6 Å². The summed E-state index contributed by atoms with van der Waals surface area (Å²) in [6.45, 7) is 2.56. The predicted molar refractivity (Wildman–Crippen MR) is 96.9 cm³/mol. The molecule has 0 saturated carbocycles. The molecule has 1 aliphatic heterocycles. The molecule has 0 aromatic carbocycles. The summed E-state index contributed by atoms with van der Waals surface area (Å²) in [6, 6.07) is 5.76. The highest BCUT2D eigenvalue weighted by Crippen LogP contribution is 2.36. The van der Waals surface area contributed by atoms with Crippen LogP contribution in [0.5, 0.6) is 0 Å². The van der Waals surface area contributed by atoms with Gasteiger partial charge in [0, 0.05) is 23.9 Å². The molecule has 134 valence electrons. The number of carboxylic acid groups (broad SMARTS) is 1. The Labute approximate surface area is 154 Å². The summed E-state index contributed by atoms with van der Waals surface area (Å²) in [5.74, 6) is 1.05. The number of nitrogens with one attached hydrogen (secondary N) is 1. The number of amides is 2. The molecule has 2 aromatic rings. The molecule has 7 nitrogen and oxygen atoms in total. The fourth-order valence-electron chi connectivity index (χ4n) is 2.76. The van der Waals surface area contributed by atoms with Gasteiger partial charge in [0.05, 0.1) is 12.1 Å². The molecule has 0 bridgehead atoms. The largest absolute Gasteiger partial charge is 0.465 e. The summed E-state index contributed by atoms with van der Waals surface area (Å²) >= 11 is 1.25. The maximum atomic E-state index is 12.2. The normalized spacial score (nSPS) is 13.5. The van der Waals surface area contributed by atoms with Gasteiger partial charge in [0.25, 0.3) is 0 Å². The first-order valence-corrected chi connectivity index (χ1v) is 8.93. The average molecular weight is 371 g/mol. The number of aryl methyl sites for hydroxylation is 1. The van der Waals surface area contributed by atoms with Crippen molar-refractivity contribution in [1.29, 1.82) is 5.26 Å². The lowest BCUT2D eigenvalue weighted by Gasteiger charge is -2.23. The van der Waals surface area contributed by atoms with Crippen LogP contribution in [-0.2, 0) is 24.2 Å². The lowest BCUT2D eigenvalue weighted by atomic mass is 10.0. The molecule has 0 atom stereocenters. The number of nitrogens with zero attached hydrogens (tertiary/aromatic N) is 2. The van der Waals surface area contributed by atoms with Crippen molar-refractivity contribution in [3.63, 3.8) is 0 Å². The summed E-state index contributed by atoms with van der Waals surface area (Å²) in [4.78, 5) is 25.4. The lowest BCUT2D eigenvalue weighted by Crippen LogP contribution is -2.34. The number of carbonyl (C=O) groups is 2. The van der Waals surface area contributed by atoms with Crippen molar-refractivity contribution in [3.8, 4) is 6.07 Å². The molecule has 3 rings (SSSR count). The third-order valence-electron chi connectivity index (χ3n) is 4.11. The Morgan fingerprint density at radius 3 is 2.96 bits per heavy atom. The van der Waals surface area contributed by atoms with E-state index in [1.807, 2.05) is 13.0 Å². The van der Waals surface area contributed by atoms with Crippen molar-refractivity contribution < 1.29 is 19.1 Å². The number of hydrogen-bond acceptors (Lipinski definition) is 5. The molecular weight excluding hydrogens is 354 g/mol. The summed E-state index contributed by atoms with van der Waals surface area (Å²) < 4.78 is 5.50. The van der Waals surface area contributed by atoms with Crippen molar-refractivity contribution in [2.45, 2.75) is 26.3 Å². The van der Waals surface area contributed by atoms with Crippen LogP contribution in [0.4, 0.5) is 9.80 Å². The third kappa shape index (κ3) is 3.63. The third-order valence-corrected chi connectivity index (χ3v) is 5.24. The number of furan rings is 1. The smallest absolute Gasteiger partial charge is 0.407 e. The number of hydrogen-bond donors (Lipinski definition) is 2. The molecule has 2 amide bonds. The number of anilines is 1. The Balaban J connectivity index is 1.74. The molecule has 0 aliphatic carbocycles. The molecule has 0 unspecified atom stereocenters. The van der Waals surface area contributed by atoms with Crippen molar-refractivity contribution in [2.24, 2.45) is 0 Å². The molecule has 26 heavy (non-hydrogen) atoms. The van der Waals surface area contributed by atoms with Gasteiger partial charge in [0.2, 0.25) is 5.91 Å². The second kappa shape index (κ2) is 7.45. The molecule has 0 spiro atoms. The van der Waals surface area contributed by atoms with Crippen LogP contribution in [0.15, 0.2) is 22.6 Å². The van der Waals surface area contributed by atoms with Gasteiger partial charge in [0.1, 0.15) is 22.6 Å². The molecule has 2 N–H and O–H groups in total. The van der Waals surface area contributed by atoms with E-state index in [1.165, 1.54) is 22.3 Å². The van der Waals surface area contributed by atoms with Gasteiger partial charge in [-0.25, -0.2) is 4.79 Å². The van der Waals surface area contributed by atoms with Gasteiger partial charge in [-0.15, -0.1) is 11.3 Å². The average Bonchev–Trinajstić information content (AvgIpc) is 3.22. The first-order chi connectivity index (χ1) is 12.5. The fourth-order valence-corrected chi connectivity index (χ4v) is 3.98. The lowest BCUT2D eigenvalue weighted by molar-refractivity contribution is -0.111. The molecular formula is C18H17N3O4S. The van der Waals surface area contributed by atoms with Gasteiger partial charge < -0.3 is 19.7 Å². The Hall–Kier alpha value is -3.05. The van der Waals surface area contributed by atoms with E-state index in [4.69, 9.17) is 9.52 Å². The van der Waals surface area contributed by atoms with E-state index in [2.05, 4.69) is 11.4 Å². The van der Waals surface area contributed by atoms with Crippen LogP contribution in [0, 0.1) is 11.3 Å². The minimum Gasteiger partial charge on any atom is -0.465 e. The standard InChI is InChI=1S/C18H17N3O4S/c1-2-11-3-4-12(25-11)5-6-16(22)20-17-14(9-19)13-7-8-21(18(23)24)10-15(13)26-17/h3-6H,2,7-8,10H2,1H3,(H,20,22)(H,23,24). The highest BCUT2D eigenvalue weighted by atomic mass is 32.1. The summed E-state index contributed by atoms with van der Waals surface area (Å²) in [5.41, 5.74) is 1.25. The van der Waals surface area contributed by atoms with Crippen LogP contribution in [-0.4, -0.2) is 28.6 Å². The van der Waals surface area contributed by atoms with Crippen molar-refractivity contribution in [3.05, 3.63) is 45.7 Å². The Morgan fingerprint density at radius 1 is 1.50 bits per heavy atom. The van der Waals surface area contributed by atoms with Crippen molar-refractivity contribution >= 4 is 34.4 Å². The SMILES string of the molecule is CCc1ccc(C=CC(=O)Nc2sc3c(c2C#N)CCN(C(=O)O)C3)o1. The number of nitriles is 1. The highest BCUT2D eigenvalue weighted by molar-refractivity contribution is 7.16. The molecule has 1 aliphatic rings. The predicted octanol–water partition coefficient (Wildman–Crippen LogP) is 3.46. The number of rotatable bonds is 4. The Bertz CT molecular complexity index is 920. The van der Waals surface area contributed by atoms with Gasteiger partial charge in [-0.1, -0.05) is 6.92 Å². The van der Waals surface area contributed by atoms with E-state index in [0.29, 0.717) is 29.3 Å². The van der Waals surface area contributed by atoms with Gasteiger partial charge in [-0.2, -0.15) is 5.26 Å². The zero-order chi connectivity index (χ0) is 18.7. The molecule has 3 heterocycles. The first kappa shape index (κ1) is 17.8. The van der Waals surface area contributed by atoms with Crippen LogP contribution >= 0.6 is 11.3 Å². The van der Waals surface area contributed by atoms with Gasteiger partial charge in [0.15, 0.2) is 0 Å². The van der Waals surface area contributed by atoms with E-state index < -0.39 is 6.09 Å². The molecule has 0 fully saturated rings. The second-order valence-corrected chi connectivity index (χ2v) is 6.86. The van der Waals surface area contributed by atoms with E-state index in [-0.39, 0.29) is 12.5 Å². The summed E-state index contributed by atoms with van der Waals surface area (Å²) in [5, 5.41) is 21.7. The van der Waals surface area contributed by atoms with E-state index in [9.17, 15) is 14.9 Å². The van der Waals surface area contributed by atoms with Gasteiger partial charge in [-0.05, 0) is 30.2 Å². The topological polar surface area (TPSA) is 107 Å². The second-order valence-electron chi connectivity index (χ2n) is 5.75. The summed E-state index contributed by atoms with van der Waals surface area (Å²) in [6.07, 6.45) is 3.18. The molecule has 0 radical (unpaired) electrons. The number of thiophene rings is 1. The molecule has 2 aromatic heterocycles. The first-order valence-electron chi connectivity index (χ1n) is 8.12. The minimum absolute atomic E-state index is 0.238. The molecule has 0 saturated heterocycles. The van der Waals surface area contributed by atoms with Crippen LogP contribution < -0.4 is 5.32 Å². The maximum Gasteiger partial charge on any atom is 0.407 e. The summed E-state index contributed by atoms with van der Waals surface area (Å²) in [7, 11) is 0. The monoisotopic (exact) mass is 371 g/mol. The zero-order valence-electron chi connectivity index (χ0n) is 14.1. The van der Waals surface area contributed by atoms with Crippen LogP contribution in [0.2, 0.25) is 0 Å². The number of fused-ring (bicyclic) bond motifs is 1. The van der Waals surface area contributed by atoms with Crippen LogP contribution in [0.1, 0.15) is 34.4 Å². The van der Waals surface area contributed by atoms with E-state index >= 15 is 0 Å². The maximum absolute atomic E-state index is 12.2. The van der Waals surface area contributed by atoms with Gasteiger partial charge >= 0.3 is 6.09 Å². The van der Waals surface area contributed by atoms with Gasteiger partial charge in [-0.3, -0.25) is 4.79 Å². The molecule has 8 heteroatoms. The minimum atomic E-state index is -0.985. The highest BCUT2D eigenvalue weighted by Gasteiger charge is 2.27. The van der Waals surface area contributed by atoms with Crippen molar-refractivity contribution in [1.82, 2.24) is 4.90 Å². The Kier molecular flexibility index (Phi) is 5.09. The quantitative estimate of drug-likeness (QED) is 0.801. The van der Waals surface area contributed by atoms with E-state index in [1.54, 1.807) is 12.1 Å². The van der Waals surface area contributed by atoms with Crippen LogP contribution in [0.25, 0.3) is 6.08 Å². The fraction of sp³-hybridized carbons (Fsp3) is 0.278. The van der Waals surface area contributed by atoms with Crippen molar-refractivity contribution in [2.75, 3.05) is 11.9 Å². The zero-order valence-corrected chi connectivity index (χ0v) is 14.9. The van der Waals surface area contributed by atoms with Crippen LogP contribution in [0.3, 0.4) is 0 Å².